The van der Waals surface area contributed by atoms with Gasteiger partial charge in [-0.05, 0) is 37.3 Å². The molecular formula is C14H15N3O. The van der Waals surface area contributed by atoms with Gasteiger partial charge in [0.25, 0.3) is 0 Å². The number of aryl methyl sites for hydroxylation is 2. The Kier molecular flexibility index (Phi) is 2.55. The number of rotatable bonds is 3. The second kappa shape index (κ2) is 4.22. The van der Waals surface area contributed by atoms with Gasteiger partial charge in [-0.2, -0.15) is 0 Å². The summed E-state index contributed by atoms with van der Waals surface area (Å²) in [6, 6.07) is 10.1. The van der Waals surface area contributed by atoms with Crippen LogP contribution in [-0.4, -0.2) is 9.55 Å². The highest BCUT2D eigenvalue weighted by atomic mass is 16.3. The van der Waals surface area contributed by atoms with Crippen LogP contribution in [0.5, 0.6) is 0 Å². The van der Waals surface area contributed by atoms with Crippen LogP contribution >= 0.6 is 0 Å². The van der Waals surface area contributed by atoms with Crippen LogP contribution in [0.1, 0.15) is 11.6 Å². The third kappa shape index (κ3) is 1.86. The van der Waals surface area contributed by atoms with Gasteiger partial charge in [0.2, 0.25) is 0 Å². The second-order valence-corrected chi connectivity index (χ2v) is 4.35. The lowest BCUT2D eigenvalue weighted by molar-refractivity contribution is 0.518. The molecule has 0 bridgehead atoms. The van der Waals surface area contributed by atoms with Crippen molar-refractivity contribution >= 4 is 16.7 Å². The fourth-order valence-electron chi connectivity index (χ4n) is 2.03. The Labute approximate surface area is 105 Å². The number of anilines is 1. The number of hydrogen-bond acceptors (Lipinski definition) is 3. The lowest BCUT2D eigenvalue weighted by atomic mass is 10.2. The fourth-order valence-corrected chi connectivity index (χ4v) is 2.03. The Hall–Kier alpha value is -2.23. The van der Waals surface area contributed by atoms with E-state index in [-0.39, 0.29) is 0 Å². The van der Waals surface area contributed by atoms with Gasteiger partial charge >= 0.3 is 0 Å². The molecule has 0 aliphatic rings. The standard InChI is InChI=1S/C14H15N3O/c1-10-16-13-8-11(5-6-14(13)17(10)2)15-9-12-4-3-7-18-12/h3-8,15H,9H2,1-2H3. The molecule has 0 unspecified atom stereocenters. The van der Waals surface area contributed by atoms with Crippen molar-refractivity contribution < 1.29 is 4.42 Å². The van der Waals surface area contributed by atoms with Gasteiger partial charge in [0.05, 0.1) is 23.8 Å². The molecule has 3 aromatic rings. The molecule has 0 spiro atoms. The van der Waals surface area contributed by atoms with Crippen molar-refractivity contribution in [2.75, 3.05) is 5.32 Å². The molecular weight excluding hydrogens is 226 g/mol. The number of imidazole rings is 1. The highest BCUT2D eigenvalue weighted by Gasteiger charge is 2.04. The van der Waals surface area contributed by atoms with E-state index in [1.165, 1.54) is 0 Å². The van der Waals surface area contributed by atoms with Crippen molar-refractivity contribution in [3.05, 3.63) is 48.2 Å². The molecule has 2 aromatic heterocycles. The maximum atomic E-state index is 5.28. The molecule has 0 aliphatic heterocycles. The zero-order chi connectivity index (χ0) is 12.5. The van der Waals surface area contributed by atoms with Gasteiger partial charge in [0.15, 0.2) is 0 Å². The number of furan rings is 1. The van der Waals surface area contributed by atoms with Gasteiger partial charge in [-0.15, -0.1) is 0 Å². The van der Waals surface area contributed by atoms with Gasteiger partial charge in [-0.1, -0.05) is 0 Å². The van der Waals surface area contributed by atoms with Crippen LogP contribution in [-0.2, 0) is 13.6 Å². The molecule has 4 nitrogen and oxygen atoms in total. The maximum Gasteiger partial charge on any atom is 0.122 e. The molecule has 0 fully saturated rings. The van der Waals surface area contributed by atoms with Crippen molar-refractivity contribution in [3.63, 3.8) is 0 Å². The predicted molar refractivity (Wildman–Crippen MR) is 71.5 cm³/mol. The number of fused-ring (bicyclic) bond motifs is 1. The van der Waals surface area contributed by atoms with E-state index in [2.05, 4.69) is 33.1 Å². The number of nitrogens with zero attached hydrogens (tertiary/aromatic N) is 2. The van der Waals surface area contributed by atoms with Crippen molar-refractivity contribution in [1.29, 1.82) is 0 Å². The summed E-state index contributed by atoms with van der Waals surface area (Å²) < 4.78 is 7.37. The molecule has 4 heteroatoms. The first-order chi connectivity index (χ1) is 8.74. The topological polar surface area (TPSA) is 43.0 Å². The summed E-state index contributed by atoms with van der Waals surface area (Å²) >= 11 is 0. The van der Waals surface area contributed by atoms with E-state index in [1.54, 1.807) is 6.26 Å². The molecule has 92 valence electrons. The monoisotopic (exact) mass is 241 g/mol. The van der Waals surface area contributed by atoms with Crippen LogP contribution < -0.4 is 5.32 Å². The van der Waals surface area contributed by atoms with Crippen molar-refractivity contribution in [3.8, 4) is 0 Å². The summed E-state index contributed by atoms with van der Waals surface area (Å²) in [5.74, 6) is 1.94. The van der Waals surface area contributed by atoms with Crippen LogP contribution in [0.15, 0.2) is 41.0 Å². The fraction of sp³-hybridized carbons (Fsp3) is 0.214. The Balaban J connectivity index is 1.85. The van der Waals surface area contributed by atoms with Crippen LogP contribution in [0.4, 0.5) is 5.69 Å². The van der Waals surface area contributed by atoms with E-state index < -0.39 is 0 Å². The molecule has 1 N–H and O–H groups in total. The normalized spacial score (nSPS) is 11.0. The molecule has 1 aromatic carbocycles. The molecule has 3 rings (SSSR count). The minimum Gasteiger partial charge on any atom is -0.467 e. The Morgan fingerprint density at radius 2 is 2.22 bits per heavy atom. The predicted octanol–water partition coefficient (Wildman–Crippen LogP) is 3.09. The average Bonchev–Trinajstić information content (AvgIpc) is 2.97. The summed E-state index contributed by atoms with van der Waals surface area (Å²) in [7, 11) is 2.03. The van der Waals surface area contributed by atoms with E-state index in [0.29, 0.717) is 6.54 Å². The quantitative estimate of drug-likeness (QED) is 0.766. The van der Waals surface area contributed by atoms with Crippen LogP contribution in [0.2, 0.25) is 0 Å². The molecule has 18 heavy (non-hydrogen) atoms. The molecule has 0 radical (unpaired) electrons. The third-order valence-corrected chi connectivity index (χ3v) is 3.15. The highest BCUT2D eigenvalue weighted by molar-refractivity contribution is 5.80. The van der Waals surface area contributed by atoms with Crippen molar-refractivity contribution in [1.82, 2.24) is 9.55 Å². The van der Waals surface area contributed by atoms with Gasteiger partial charge in [0, 0.05) is 12.7 Å². The van der Waals surface area contributed by atoms with Crippen LogP contribution in [0.25, 0.3) is 11.0 Å². The molecule has 0 saturated carbocycles. The minimum atomic E-state index is 0.685. The SMILES string of the molecule is Cc1nc2cc(NCc3ccco3)ccc2n1C. The van der Waals surface area contributed by atoms with Crippen LogP contribution in [0, 0.1) is 6.92 Å². The third-order valence-electron chi connectivity index (χ3n) is 3.15. The first-order valence-electron chi connectivity index (χ1n) is 5.93. The first kappa shape index (κ1) is 10.9. The molecule has 0 saturated heterocycles. The van der Waals surface area contributed by atoms with E-state index in [0.717, 1.165) is 28.3 Å². The number of benzene rings is 1. The summed E-state index contributed by atoms with van der Waals surface area (Å²) in [6.07, 6.45) is 1.68. The van der Waals surface area contributed by atoms with E-state index in [1.807, 2.05) is 26.1 Å². The lowest BCUT2D eigenvalue weighted by Gasteiger charge is -2.04. The molecule has 0 aliphatic carbocycles. The summed E-state index contributed by atoms with van der Waals surface area (Å²) in [5.41, 5.74) is 3.22. The zero-order valence-corrected chi connectivity index (χ0v) is 10.5. The first-order valence-corrected chi connectivity index (χ1v) is 5.93. The molecule has 0 atom stereocenters. The van der Waals surface area contributed by atoms with E-state index >= 15 is 0 Å². The Morgan fingerprint density at radius 3 is 3.00 bits per heavy atom. The number of nitrogens with one attached hydrogen (secondary N) is 1. The number of aromatic nitrogens is 2. The van der Waals surface area contributed by atoms with Crippen molar-refractivity contribution in [2.24, 2.45) is 7.05 Å². The zero-order valence-electron chi connectivity index (χ0n) is 10.5. The smallest absolute Gasteiger partial charge is 0.122 e. The molecule has 2 heterocycles. The summed E-state index contributed by atoms with van der Waals surface area (Å²) in [6.45, 7) is 2.69. The van der Waals surface area contributed by atoms with Crippen molar-refractivity contribution in [2.45, 2.75) is 13.5 Å². The summed E-state index contributed by atoms with van der Waals surface area (Å²) in [4.78, 5) is 4.52. The largest absolute Gasteiger partial charge is 0.467 e. The van der Waals surface area contributed by atoms with Gasteiger partial charge in [0.1, 0.15) is 11.6 Å². The second-order valence-electron chi connectivity index (χ2n) is 4.35. The maximum absolute atomic E-state index is 5.28. The van der Waals surface area contributed by atoms with Gasteiger partial charge < -0.3 is 14.3 Å². The van der Waals surface area contributed by atoms with Crippen LogP contribution in [0.3, 0.4) is 0 Å². The number of hydrogen-bond donors (Lipinski definition) is 1. The average molecular weight is 241 g/mol. The Bertz CT molecular complexity index is 668. The summed E-state index contributed by atoms with van der Waals surface area (Å²) in [5, 5.41) is 3.32. The van der Waals surface area contributed by atoms with Gasteiger partial charge in [-0.25, -0.2) is 4.98 Å². The molecule has 0 amide bonds. The highest BCUT2D eigenvalue weighted by Crippen LogP contribution is 2.19. The van der Waals surface area contributed by atoms with Gasteiger partial charge in [-0.3, -0.25) is 0 Å². The lowest BCUT2D eigenvalue weighted by Crippen LogP contribution is -1.97. The Morgan fingerprint density at radius 1 is 1.33 bits per heavy atom. The van der Waals surface area contributed by atoms with E-state index in [4.69, 9.17) is 4.42 Å². The minimum absolute atomic E-state index is 0.685. The van der Waals surface area contributed by atoms with E-state index in [9.17, 15) is 0 Å².